The Kier molecular flexibility index (Phi) is 8.34. The van der Waals surface area contributed by atoms with Crippen LogP contribution in [0, 0.1) is 52.5 Å². The molecule has 0 fully saturated rings. The van der Waals surface area contributed by atoms with E-state index >= 15 is 0 Å². The van der Waals surface area contributed by atoms with Gasteiger partial charge in [0.15, 0.2) is 5.69 Å². The van der Waals surface area contributed by atoms with Crippen LogP contribution in [-0.4, -0.2) is 9.13 Å². The summed E-state index contributed by atoms with van der Waals surface area (Å²) in [5, 5.41) is 14.6. The van der Waals surface area contributed by atoms with Crippen LogP contribution in [0.3, 0.4) is 0 Å². The van der Waals surface area contributed by atoms with Gasteiger partial charge in [0.25, 0.3) is 0 Å². The number of nitriles is 1. The monoisotopic (exact) mass is 756 g/mol. The minimum Gasteiger partial charge on any atom is -0.308 e. The van der Waals surface area contributed by atoms with Gasteiger partial charge in [0.05, 0.1) is 51.6 Å². The molecule has 59 heavy (non-hydrogen) atoms. The average Bonchev–Trinajstić information content (AvgIpc) is 3.74. The minimum atomic E-state index is 0.522. The molecule has 0 radical (unpaired) electrons. The van der Waals surface area contributed by atoms with Crippen molar-refractivity contribution in [2.45, 2.75) is 34.6 Å². The lowest BCUT2D eigenvalue weighted by Gasteiger charge is -2.20. The first-order valence-corrected chi connectivity index (χ1v) is 20.0. The lowest BCUT2D eigenvalue weighted by atomic mass is 9.97. The number of aromatic nitrogens is 2. The van der Waals surface area contributed by atoms with Crippen LogP contribution < -0.4 is 0 Å². The quantitative estimate of drug-likeness (QED) is 0.161. The van der Waals surface area contributed by atoms with Gasteiger partial charge in [-0.1, -0.05) is 113 Å². The SMILES string of the molecule is [C-]#[N+]c1cc(-n2c3ccccc3c3cc(-c4cc(C)cc(C)c4)ccc32)c(-n2c3ccccc3c3cc(-c4cc(C)cc(C)c4)ccc32)cc1-c1cc(C)cc(C#N)c1. The summed E-state index contributed by atoms with van der Waals surface area (Å²) in [7, 11) is 0. The van der Waals surface area contributed by atoms with Crippen LogP contribution >= 0.6 is 0 Å². The molecule has 0 unspecified atom stereocenters. The van der Waals surface area contributed by atoms with Crippen LogP contribution in [-0.2, 0) is 0 Å². The molecule has 8 aromatic carbocycles. The molecule has 0 amide bonds. The number of para-hydroxylation sites is 2. The average molecular weight is 757 g/mol. The molecular formula is C55H40N4. The van der Waals surface area contributed by atoms with Crippen molar-refractivity contribution >= 4 is 49.3 Å². The molecular weight excluding hydrogens is 717 g/mol. The number of aryl methyl sites for hydroxylation is 5. The van der Waals surface area contributed by atoms with Crippen LogP contribution in [0.25, 0.3) is 93.2 Å². The first kappa shape index (κ1) is 35.7. The van der Waals surface area contributed by atoms with E-state index in [1.807, 2.05) is 19.1 Å². The zero-order valence-corrected chi connectivity index (χ0v) is 33.7. The standard InChI is InChI=1S/C55H40N4/c1-33-19-34(2)23-41(22-33)39-15-17-52-47(28-39)44-11-7-9-13-50(44)58(52)54-30-46(43-26-37(5)21-38(27-43)32-56)49(57-6)31-55(54)59-51-14-10-8-12-45(51)48-29-40(16-18-53(48)59)42-24-35(3)20-36(4)25-42/h7-31H,1-5H3. The van der Waals surface area contributed by atoms with E-state index in [1.165, 1.54) is 44.5 Å². The molecule has 280 valence electrons. The van der Waals surface area contributed by atoms with E-state index in [0.29, 0.717) is 11.3 Å². The summed E-state index contributed by atoms with van der Waals surface area (Å²) < 4.78 is 4.71. The highest BCUT2D eigenvalue weighted by Crippen LogP contribution is 2.44. The smallest absolute Gasteiger partial charge is 0.197 e. The van der Waals surface area contributed by atoms with E-state index in [1.54, 1.807) is 0 Å². The highest BCUT2D eigenvalue weighted by molar-refractivity contribution is 6.13. The molecule has 0 N–H and O–H groups in total. The second kappa shape index (κ2) is 13.8. The normalized spacial score (nSPS) is 11.4. The van der Waals surface area contributed by atoms with E-state index < -0.39 is 0 Å². The fraction of sp³-hybridized carbons (Fsp3) is 0.0909. The number of nitrogens with zero attached hydrogens (tertiary/aromatic N) is 4. The van der Waals surface area contributed by atoms with Crippen LogP contribution in [0.1, 0.15) is 33.4 Å². The molecule has 10 aromatic rings. The van der Waals surface area contributed by atoms with Gasteiger partial charge >= 0.3 is 0 Å². The van der Waals surface area contributed by atoms with Crippen molar-refractivity contribution in [3.05, 3.63) is 196 Å². The van der Waals surface area contributed by atoms with E-state index in [4.69, 9.17) is 6.57 Å². The summed E-state index contributed by atoms with van der Waals surface area (Å²) in [5.41, 5.74) is 19.5. The number of hydrogen-bond acceptors (Lipinski definition) is 1. The van der Waals surface area contributed by atoms with Crippen molar-refractivity contribution in [3.8, 4) is 50.8 Å². The Balaban J connectivity index is 1.32. The second-order valence-electron chi connectivity index (χ2n) is 16.1. The van der Waals surface area contributed by atoms with Gasteiger partial charge in [0.1, 0.15) is 0 Å². The van der Waals surface area contributed by atoms with Crippen molar-refractivity contribution in [2.75, 3.05) is 0 Å². The van der Waals surface area contributed by atoms with Crippen LogP contribution in [0.5, 0.6) is 0 Å². The number of rotatable bonds is 5. The largest absolute Gasteiger partial charge is 0.308 e. The third kappa shape index (κ3) is 5.97. The van der Waals surface area contributed by atoms with E-state index in [9.17, 15) is 5.26 Å². The molecule has 0 aliphatic carbocycles. The maximum atomic E-state index is 10.0. The molecule has 2 heterocycles. The molecule has 4 nitrogen and oxygen atoms in total. The second-order valence-corrected chi connectivity index (χ2v) is 16.1. The molecule has 0 bridgehead atoms. The summed E-state index contributed by atoms with van der Waals surface area (Å²) >= 11 is 0. The Morgan fingerprint density at radius 1 is 0.424 bits per heavy atom. The minimum absolute atomic E-state index is 0.522. The third-order valence-electron chi connectivity index (χ3n) is 11.7. The molecule has 0 spiro atoms. The van der Waals surface area contributed by atoms with Crippen molar-refractivity contribution < 1.29 is 0 Å². The Bertz CT molecular complexity index is 3430. The fourth-order valence-electron chi connectivity index (χ4n) is 9.36. The van der Waals surface area contributed by atoms with E-state index in [-0.39, 0.29) is 0 Å². The first-order chi connectivity index (χ1) is 28.7. The van der Waals surface area contributed by atoms with E-state index in [2.05, 4.69) is 187 Å². The van der Waals surface area contributed by atoms with Crippen LogP contribution in [0.15, 0.2) is 152 Å². The fourth-order valence-corrected chi connectivity index (χ4v) is 9.36. The highest BCUT2D eigenvalue weighted by atomic mass is 15.1. The summed E-state index contributed by atoms with van der Waals surface area (Å²) in [6, 6.07) is 56.7. The van der Waals surface area contributed by atoms with Gasteiger partial charge in [0, 0.05) is 21.5 Å². The maximum Gasteiger partial charge on any atom is 0.197 e. The number of hydrogen-bond donors (Lipinski definition) is 0. The van der Waals surface area contributed by atoms with Gasteiger partial charge in [-0.3, -0.25) is 0 Å². The zero-order chi connectivity index (χ0) is 40.5. The van der Waals surface area contributed by atoms with Gasteiger partial charge < -0.3 is 9.13 Å². The van der Waals surface area contributed by atoms with Crippen molar-refractivity contribution in [1.82, 2.24) is 9.13 Å². The zero-order valence-electron chi connectivity index (χ0n) is 33.7. The Morgan fingerprint density at radius 2 is 0.864 bits per heavy atom. The van der Waals surface area contributed by atoms with Crippen molar-refractivity contribution in [1.29, 1.82) is 5.26 Å². The molecule has 0 aliphatic heterocycles. The molecule has 0 aliphatic rings. The predicted octanol–water partition coefficient (Wildman–Crippen LogP) is 14.8. The Labute approximate surface area is 344 Å². The van der Waals surface area contributed by atoms with E-state index in [0.717, 1.165) is 71.7 Å². The predicted molar refractivity (Wildman–Crippen MR) is 246 cm³/mol. The lowest BCUT2D eigenvalue weighted by molar-refractivity contribution is 1.10. The molecule has 0 saturated carbocycles. The Morgan fingerprint density at radius 3 is 1.36 bits per heavy atom. The summed E-state index contributed by atoms with van der Waals surface area (Å²) in [5.74, 6) is 0. The highest BCUT2D eigenvalue weighted by Gasteiger charge is 2.23. The van der Waals surface area contributed by atoms with Gasteiger partial charge in [-0.15, -0.1) is 0 Å². The van der Waals surface area contributed by atoms with Gasteiger partial charge in [0.2, 0.25) is 0 Å². The molecule has 0 saturated heterocycles. The summed E-state index contributed by atoms with van der Waals surface area (Å²) in [6.07, 6.45) is 0. The summed E-state index contributed by atoms with van der Waals surface area (Å²) in [6.45, 7) is 19.2. The first-order valence-electron chi connectivity index (χ1n) is 20.0. The van der Waals surface area contributed by atoms with Gasteiger partial charge in [-0.2, -0.15) is 5.26 Å². The van der Waals surface area contributed by atoms with Gasteiger partial charge in [-0.05, 0) is 134 Å². The molecule has 0 atom stereocenters. The number of benzene rings is 8. The van der Waals surface area contributed by atoms with Crippen molar-refractivity contribution in [3.63, 3.8) is 0 Å². The Hall–Kier alpha value is -7.66. The molecule has 2 aromatic heterocycles. The number of fused-ring (bicyclic) bond motifs is 6. The van der Waals surface area contributed by atoms with Crippen molar-refractivity contribution in [2.24, 2.45) is 0 Å². The van der Waals surface area contributed by atoms with Crippen LogP contribution in [0.4, 0.5) is 5.69 Å². The molecule has 4 heteroatoms. The topological polar surface area (TPSA) is 38.0 Å². The lowest BCUT2D eigenvalue weighted by Crippen LogP contribution is -2.04. The summed E-state index contributed by atoms with van der Waals surface area (Å²) in [4.78, 5) is 4.18. The van der Waals surface area contributed by atoms with Crippen LogP contribution in [0.2, 0.25) is 0 Å². The third-order valence-corrected chi connectivity index (χ3v) is 11.7. The molecule has 10 rings (SSSR count). The maximum absolute atomic E-state index is 10.0. The van der Waals surface area contributed by atoms with Gasteiger partial charge in [-0.25, -0.2) is 4.85 Å².